The molecular formula is C11H12N2O. The van der Waals surface area contributed by atoms with Crippen LogP contribution in [0.25, 0.3) is 6.08 Å². The van der Waals surface area contributed by atoms with Crippen LogP contribution in [0, 0.1) is 11.3 Å². The second-order valence-electron chi connectivity index (χ2n) is 2.87. The monoisotopic (exact) mass is 188 g/mol. The Hall–Kier alpha value is -1.79. The molecule has 1 rings (SSSR count). The van der Waals surface area contributed by atoms with Crippen molar-refractivity contribution in [3.8, 4) is 6.07 Å². The standard InChI is InChI=1S/C11H12N2O/c12-8-10-4-5-11(13)7-9(10)3-1-2-6-14/h1,3-5,7,14H,2,6,13H2. The number of hydrogen-bond acceptors (Lipinski definition) is 3. The van der Waals surface area contributed by atoms with Crippen molar-refractivity contribution in [1.29, 1.82) is 5.26 Å². The maximum Gasteiger partial charge on any atom is 0.0997 e. The van der Waals surface area contributed by atoms with Gasteiger partial charge < -0.3 is 10.8 Å². The van der Waals surface area contributed by atoms with Gasteiger partial charge in [0.25, 0.3) is 0 Å². The number of nitrogen functional groups attached to an aromatic ring is 1. The van der Waals surface area contributed by atoms with E-state index in [-0.39, 0.29) is 6.61 Å². The van der Waals surface area contributed by atoms with Crippen LogP contribution in [0.4, 0.5) is 5.69 Å². The maximum atomic E-state index is 8.79. The van der Waals surface area contributed by atoms with Gasteiger partial charge in [0.15, 0.2) is 0 Å². The van der Waals surface area contributed by atoms with E-state index >= 15 is 0 Å². The van der Waals surface area contributed by atoms with Crippen molar-refractivity contribution >= 4 is 11.8 Å². The van der Waals surface area contributed by atoms with Crippen LogP contribution < -0.4 is 5.73 Å². The van der Waals surface area contributed by atoms with Gasteiger partial charge in [0.1, 0.15) is 0 Å². The van der Waals surface area contributed by atoms with Crippen LogP contribution in [0.2, 0.25) is 0 Å². The van der Waals surface area contributed by atoms with E-state index in [1.54, 1.807) is 24.3 Å². The quantitative estimate of drug-likeness (QED) is 0.707. The fraction of sp³-hybridized carbons (Fsp3) is 0.182. The van der Waals surface area contributed by atoms with Crippen molar-refractivity contribution in [2.75, 3.05) is 12.3 Å². The van der Waals surface area contributed by atoms with Gasteiger partial charge in [-0.15, -0.1) is 0 Å². The van der Waals surface area contributed by atoms with E-state index in [2.05, 4.69) is 6.07 Å². The maximum absolute atomic E-state index is 8.79. The lowest BCUT2D eigenvalue weighted by molar-refractivity contribution is 0.303. The lowest BCUT2D eigenvalue weighted by Gasteiger charge is -1.99. The van der Waals surface area contributed by atoms with Gasteiger partial charge in [-0.2, -0.15) is 5.26 Å². The SMILES string of the molecule is N#Cc1ccc(N)cc1C=CCCO. The van der Waals surface area contributed by atoms with Gasteiger partial charge in [0.2, 0.25) is 0 Å². The van der Waals surface area contributed by atoms with Gasteiger partial charge >= 0.3 is 0 Å². The Morgan fingerprint density at radius 2 is 2.29 bits per heavy atom. The summed E-state index contributed by atoms with van der Waals surface area (Å²) in [6, 6.07) is 7.21. The number of anilines is 1. The second-order valence-corrected chi connectivity index (χ2v) is 2.87. The average Bonchev–Trinajstić information content (AvgIpc) is 2.19. The number of aliphatic hydroxyl groups excluding tert-OH is 1. The lowest BCUT2D eigenvalue weighted by Crippen LogP contribution is -1.88. The van der Waals surface area contributed by atoms with Crippen LogP contribution in [0.5, 0.6) is 0 Å². The highest BCUT2D eigenvalue weighted by molar-refractivity contribution is 5.62. The summed E-state index contributed by atoms with van der Waals surface area (Å²) >= 11 is 0. The first-order valence-corrected chi connectivity index (χ1v) is 4.35. The Kier molecular flexibility index (Phi) is 3.71. The van der Waals surface area contributed by atoms with Crippen LogP contribution in [0.1, 0.15) is 17.5 Å². The molecule has 0 bridgehead atoms. The predicted octanol–water partition coefficient (Wildman–Crippen LogP) is 1.54. The molecule has 3 nitrogen and oxygen atoms in total. The summed E-state index contributed by atoms with van der Waals surface area (Å²) in [6.07, 6.45) is 4.19. The molecule has 0 aliphatic rings. The molecule has 1 aromatic carbocycles. The fourth-order valence-electron chi connectivity index (χ4n) is 1.11. The van der Waals surface area contributed by atoms with Gasteiger partial charge in [-0.05, 0) is 30.2 Å². The van der Waals surface area contributed by atoms with Gasteiger partial charge in [-0.25, -0.2) is 0 Å². The first-order valence-electron chi connectivity index (χ1n) is 4.35. The van der Waals surface area contributed by atoms with E-state index in [9.17, 15) is 0 Å². The molecule has 0 unspecified atom stereocenters. The van der Waals surface area contributed by atoms with Crippen molar-refractivity contribution in [1.82, 2.24) is 0 Å². The molecule has 1 aromatic rings. The lowest BCUT2D eigenvalue weighted by atomic mass is 10.1. The summed E-state index contributed by atoms with van der Waals surface area (Å²) in [5.41, 5.74) is 7.61. The molecule has 0 saturated carbocycles. The summed E-state index contributed by atoms with van der Waals surface area (Å²) in [5, 5.41) is 17.4. The minimum absolute atomic E-state index is 0.112. The number of rotatable bonds is 3. The molecule has 0 amide bonds. The molecule has 0 spiro atoms. The summed E-state index contributed by atoms with van der Waals surface area (Å²) < 4.78 is 0. The van der Waals surface area contributed by atoms with E-state index in [0.29, 0.717) is 17.7 Å². The Labute approximate surface area is 83.1 Å². The summed E-state index contributed by atoms with van der Waals surface area (Å²) in [5.74, 6) is 0. The van der Waals surface area contributed by atoms with Crippen molar-refractivity contribution in [2.24, 2.45) is 0 Å². The highest BCUT2D eigenvalue weighted by Crippen LogP contribution is 2.14. The molecule has 72 valence electrons. The Morgan fingerprint density at radius 3 is 2.93 bits per heavy atom. The van der Waals surface area contributed by atoms with Crippen LogP contribution in [0.3, 0.4) is 0 Å². The normalized spacial score (nSPS) is 10.3. The molecule has 0 aliphatic carbocycles. The summed E-state index contributed by atoms with van der Waals surface area (Å²) in [4.78, 5) is 0. The molecule has 3 N–H and O–H groups in total. The third kappa shape index (κ3) is 2.61. The molecule has 14 heavy (non-hydrogen) atoms. The molecule has 0 fully saturated rings. The number of nitriles is 1. The number of benzene rings is 1. The predicted molar refractivity (Wildman–Crippen MR) is 56.3 cm³/mol. The number of hydrogen-bond donors (Lipinski definition) is 2. The van der Waals surface area contributed by atoms with E-state index in [0.717, 1.165) is 5.56 Å². The minimum Gasteiger partial charge on any atom is -0.399 e. The van der Waals surface area contributed by atoms with Crippen LogP contribution in [-0.4, -0.2) is 11.7 Å². The molecule has 0 aromatic heterocycles. The zero-order valence-electron chi connectivity index (χ0n) is 7.77. The Balaban J connectivity index is 2.94. The topological polar surface area (TPSA) is 70.0 Å². The Bertz CT molecular complexity index is 377. The molecule has 0 aliphatic heterocycles. The van der Waals surface area contributed by atoms with E-state index in [4.69, 9.17) is 16.1 Å². The minimum atomic E-state index is 0.112. The number of nitrogens with zero attached hydrogens (tertiary/aromatic N) is 1. The zero-order chi connectivity index (χ0) is 10.4. The molecule has 3 heteroatoms. The summed E-state index contributed by atoms with van der Waals surface area (Å²) in [6.45, 7) is 0.112. The van der Waals surface area contributed by atoms with Crippen LogP contribution in [-0.2, 0) is 0 Å². The van der Waals surface area contributed by atoms with Gasteiger partial charge in [0, 0.05) is 12.3 Å². The molecule has 0 atom stereocenters. The van der Waals surface area contributed by atoms with Gasteiger partial charge in [-0.3, -0.25) is 0 Å². The first kappa shape index (κ1) is 10.3. The fourth-order valence-corrected chi connectivity index (χ4v) is 1.11. The highest BCUT2D eigenvalue weighted by atomic mass is 16.2. The number of nitrogens with two attached hydrogens (primary N) is 1. The summed E-state index contributed by atoms with van der Waals surface area (Å²) in [7, 11) is 0. The molecular weight excluding hydrogens is 176 g/mol. The van der Waals surface area contributed by atoms with Crippen molar-refractivity contribution < 1.29 is 5.11 Å². The molecule has 0 heterocycles. The third-order valence-corrected chi connectivity index (χ3v) is 1.79. The number of aliphatic hydroxyl groups is 1. The van der Waals surface area contributed by atoms with Crippen molar-refractivity contribution in [3.05, 3.63) is 35.4 Å². The van der Waals surface area contributed by atoms with Crippen molar-refractivity contribution in [3.63, 3.8) is 0 Å². The molecule has 0 saturated heterocycles. The third-order valence-electron chi connectivity index (χ3n) is 1.79. The zero-order valence-corrected chi connectivity index (χ0v) is 7.77. The van der Waals surface area contributed by atoms with Crippen molar-refractivity contribution in [2.45, 2.75) is 6.42 Å². The van der Waals surface area contributed by atoms with Gasteiger partial charge in [0.05, 0.1) is 11.6 Å². The Morgan fingerprint density at radius 1 is 1.50 bits per heavy atom. The van der Waals surface area contributed by atoms with Crippen LogP contribution in [0.15, 0.2) is 24.3 Å². The van der Waals surface area contributed by atoms with E-state index < -0.39 is 0 Å². The largest absolute Gasteiger partial charge is 0.399 e. The molecule has 0 radical (unpaired) electrons. The highest BCUT2D eigenvalue weighted by Gasteiger charge is 1.97. The van der Waals surface area contributed by atoms with E-state index in [1.807, 2.05) is 6.08 Å². The van der Waals surface area contributed by atoms with Crippen LogP contribution >= 0.6 is 0 Å². The smallest absolute Gasteiger partial charge is 0.0997 e. The average molecular weight is 188 g/mol. The second kappa shape index (κ2) is 5.05. The van der Waals surface area contributed by atoms with Gasteiger partial charge in [-0.1, -0.05) is 12.2 Å². The first-order chi connectivity index (χ1) is 6.77. The van der Waals surface area contributed by atoms with E-state index in [1.165, 1.54) is 0 Å².